The number of hydrogen-bond donors (Lipinski definition) is 1. The third kappa shape index (κ3) is 2.76. The second kappa shape index (κ2) is 5.97. The molecule has 5 nitrogen and oxygen atoms in total. The number of rotatable bonds is 3. The number of nitrogens with zero attached hydrogens (tertiary/aromatic N) is 2. The molecule has 1 fully saturated rings. The van der Waals surface area contributed by atoms with Crippen molar-refractivity contribution in [3.63, 3.8) is 0 Å². The Morgan fingerprint density at radius 1 is 1.48 bits per heavy atom. The van der Waals surface area contributed by atoms with Crippen molar-refractivity contribution in [3.8, 4) is 6.07 Å². The average molecular weight is 305 g/mol. The van der Waals surface area contributed by atoms with E-state index in [-0.39, 0.29) is 16.5 Å². The molecule has 1 aliphatic heterocycles. The molecule has 0 aromatic heterocycles. The molecule has 21 heavy (non-hydrogen) atoms. The minimum absolute atomic E-state index is 0.202. The Hall–Kier alpha value is -2.33. The minimum Gasteiger partial charge on any atom is -0.365 e. The van der Waals surface area contributed by atoms with Gasteiger partial charge in [0.1, 0.15) is 22.5 Å². The monoisotopic (exact) mass is 305 g/mol. The van der Waals surface area contributed by atoms with Gasteiger partial charge in [-0.05, 0) is 30.7 Å². The van der Waals surface area contributed by atoms with Gasteiger partial charge in [0, 0.05) is 5.69 Å². The molecule has 0 saturated carbocycles. The van der Waals surface area contributed by atoms with Crippen LogP contribution < -0.4 is 10.6 Å². The lowest BCUT2D eigenvalue weighted by Gasteiger charge is -2.18. The Morgan fingerprint density at radius 2 is 2.10 bits per heavy atom. The Bertz CT molecular complexity index is 664. The summed E-state index contributed by atoms with van der Waals surface area (Å²) in [4.78, 5) is 25.0. The zero-order chi connectivity index (χ0) is 15.6. The van der Waals surface area contributed by atoms with Crippen molar-refractivity contribution in [3.05, 3.63) is 40.7 Å². The van der Waals surface area contributed by atoms with E-state index >= 15 is 0 Å². The van der Waals surface area contributed by atoms with Gasteiger partial charge in [0.05, 0.1) is 5.25 Å². The van der Waals surface area contributed by atoms with Crippen molar-refractivity contribution >= 4 is 29.3 Å². The molecular formula is C14H12FN3O2S. The van der Waals surface area contributed by atoms with Crippen molar-refractivity contribution in [2.24, 2.45) is 5.73 Å². The van der Waals surface area contributed by atoms with Gasteiger partial charge in [-0.15, -0.1) is 0 Å². The molecule has 0 spiro atoms. The molecule has 7 heteroatoms. The number of anilines is 1. The summed E-state index contributed by atoms with van der Waals surface area (Å²) in [6.45, 7) is 1.83. The molecule has 2 amide bonds. The van der Waals surface area contributed by atoms with Gasteiger partial charge in [-0.3, -0.25) is 14.5 Å². The molecule has 1 aliphatic rings. The van der Waals surface area contributed by atoms with Crippen LogP contribution in [0.25, 0.3) is 0 Å². The van der Waals surface area contributed by atoms with Crippen LogP contribution in [0, 0.1) is 17.1 Å². The maximum Gasteiger partial charge on any atom is 0.262 e. The molecule has 1 heterocycles. The molecule has 1 atom stereocenters. The number of primary amides is 1. The molecule has 0 aliphatic carbocycles. The van der Waals surface area contributed by atoms with E-state index in [4.69, 9.17) is 11.0 Å². The van der Waals surface area contributed by atoms with E-state index in [1.807, 2.05) is 6.92 Å². The normalized spacial score (nSPS) is 20.3. The van der Waals surface area contributed by atoms with E-state index in [0.29, 0.717) is 12.1 Å². The number of amides is 2. The number of nitrogens with two attached hydrogens (primary N) is 1. The lowest BCUT2D eigenvalue weighted by atomic mass is 10.2. The maximum atomic E-state index is 13.0. The summed E-state index contributed by atoms with van der Waals surface area (Å²) in [6.07, 6.45) is 0.544. The maximum absolute atomic E-state index is 13.0. The standard InChI is InChI=1S/C14H12FN3O2S/c1-2-11-13(20)18(9-5-3-8(15)4-6-9)14(21-11)10(7-16)12(17)19/h3-6,11H,2H2,1H3,(H2,17,19)/b14-10-. The van der Waals surface area contributed by atoms with Gasteiger partial charge in [-0.2, -0.15) is 5.26 Å². The largest absolute Gasteiger partial charge is 0.365 e. The molecule has 0 radical (unpaired) electrons. The number of carbonyl (C=O) groups excluding carboxylic acids is 2. The smallest absolute Gasteiger partial charge is 0.262 e. The first-order valence-electron chi connectivity index (χ1n) is 6.20. The van der Waals surface area contributed by atoms with Gasteiger partial charge in [0.2, 0.25) is 5.91 Å². The third-order valence-corrected chi connectivity index (χ3v) is 4.41. The fourth-order valence-electron chi connectivity index (χ4n) is 1.95. The van der Waals surface area contributed by atoms with E-state index in [1.54, 1.807) is 6.07 Å². The van der Waals surface area contributed by atoms with E-state index in [1.165, 1.54) is 29.2 Å². The lowest BCUT2D eigenvalue weighted by Crippen LogP contribution is -2.29. The molecule has 1 aromatic carbocycles. The van der Waals surface area contributed by atoms with Gasteiger partial charge < -0.3 is 5.73 Å². The summed E-state index contributed by atoms with van der Waals surface area (Å²) < 4.78 is 13.0. The van der Waals surface area contributed by atoms with Crippen LogP contribution >= 0.6 is 11.8 Å². The van der Waals surface area contributed by atoms with E-state index in [0.717, 1.165) is 11.8 Å². The predicted octanol–water partition coefficient (Wildman–Crippen LogP) is 1.90. The van der Waals surface area contributed by atoms with Crippen molar-refractivity contribution in [2.45, 2.75) is 18.6 Å². The van der Waals surface area contributed by atoms with Crippen LogP contribution in [-0.4, -0.2) is 17.1 Å². The van der Waals surface area contributed by atoms with Crippen LogP contribution in [0.4, 0.5) is 10.1 Å². The number of nitriles is 1. The highest BCUT2D eigenvalue weighted by Gasteiger charge is 2.39. The van der Waals surface area contributed by atoms with Gasteiger partial charge in [0.15, 0.2) is 0 Å². The van der Waals surface area contributed by atoms with Crippen LogP contribution in [0.15, 0.2) is 34.9 Å². The van der Waals surface area contributed by atoms with Gasteiger partial charge >= 0.3 is 0 Å². The van der Waals surface area contributed by atoms with Gasteiger partial charge in [0.25, 0.3) is 5.91 Å². The quantitative estimate of drug-likeness (QED) is 0.682. The molecule has 1 aromatic rings. The number of halogens is 1. The van der Waals surface area contributed by atoms with Crippen molar-refractivity contribution in [2.75, 3.05) is 4.90 Å². The first kappa shape index (κ1) is 15.1. The van der Waals surface area contributed by atoms with Crippen molar-refractivity contribution in [1.82, 2.24) is 0 Å². The summed E-state index contributed by atoms with van der Waals surface area (Å²) in [5.41, 5.74) is 5.32. The average Bonchev–Trinajstić information content (AvgIpc) is 2.77. The Kier molecular flexibility index (Phi) is 4.29. The third-order valence-electron chi connectivity index (χ3n) is 2.98. The van der Waals surface area contributed by atoms with E-state index in [9.17, 15) is 14.0 Å². The summed E-state index contributed by atoms with van der Waals surface area (Å²) in [7, 11) is 0. The molecule has 2 N–H and O–H groups in total. The second-order valence-corrected chi connectivity index (χ2v) is 5.51. The minimum atomic E-state index is -0.892. The first-order valence-corrected chi connectivity index (χ1v) is 7.08. The SMILES string of the molecule is CCC1S/C(=C(/C#N)C(N)=O)N(c2ccc(F)cc2)C1=O. The zero-order valence-corrected chi connectivity index (χ0v) is 12.0. The molecule has 2 rings (SSSR count). The molecule has 108 valence electrons. The fourth-order valence-corrected chi connectivity index (χ4v) is 3.16. The molecule has 1 saturated heterocycles. The number of carbonyl (C=O) groups is 2. The van der Waals surface area contributed by atoms with Crippen LogP contribution in [0.2, 0.25) is 0 Å². The highest BCUT2D eigenvalue weighted by atomic mass is 32.2. The highest BCUT2D eigenvalue weighted by molar-refractivity contribution is 8.05. The lowest BCUT2D eigenvalue weighted by molar-refractivity contribution is -0.117. The van der Waals surface area contributed by atoms with Gasteiger partial charge in [-0.25, -0.2) is 4.39 Å². The summed E-state index contributed by atoms with van der Waals surface area (Å²) in [5, 5.41) is 8.90. The van der Waals surface area contributed by atoms with E-state index < -0.39 is 17.0 Å². The first-order chi connectivity index (χ1) is 9.99. The zero-order valence-electron chi connectivity index (χ0n) is 11.2. The van der Waals surface area contributed by atoms with Gasteiger partial charge in [-0.1, -0.05) is 18.7 Å². The highest BCUT2D eigenvalue weighted by Crippen LogP contribution is 2.41. The van der Waals surface area contributed by atoms with Crippen molar-refractivity contribution in [1.29, 1.82) is 5.26 Å². The van der Waals surface area contributed by atoms with Crippen LogP contribution in [0.3, 0.4) is 0 Å². The summed E-state index contributed by atoms with van der Waals surface area (Å²) in [5.74, 6) is -1.58. The van der Waals surface area contributed by atoms with Crippen molar-refractivity contribution < 1.29 is 14.0 Å². The Morgan fingerprint density at radius 3 is 2.57 bits per heavy atom. The summed E-state index contributed by atoms with van der Waals surface area (Å²) in [6, 6.07) is 6.99. The number of benzene rings is 1. The number of thioether (sulfide) groups is 1. The van der Waals surface area contributed by atoms with Crippen LogP contribution in [-0.2, 0) is 9.59 Å². The number of hydrogen-bond acceptors (Lipinski definition) is 4. The predicted molar refractivity (Wildman–Crippen MR) is 77.4 cm³/mol. The second-order valence-electron chi connectivity index (χ2n) is 4.32. The topological polar surface area (TPSA) is 87.2 Å². The fraction of sp³-hybridized carbons (Fsp3) is 0.214. The van der Waals surface area contributed by atoms with Crippen LogP contribution in [0.1, 0.15) is 13.3 Å². The van der Waals surface area contributed by atoms with E-state index in [2.05, 4.69) is 0 Å². The Labute approximate surface area is 125 Å². The molecule has 1 unspecified atom stereocenters. The van der Waals surface area contributed by atoms with Crippen LogP contribution in [0.5, 0.6) is 0 Å². The Balaban J connectivity index is 2.58. The molecular weight excluding hydrogens is 293 g/mol. The summed E-state index contributed by atoms with van der Waals surface area (Å²) >= 11 is 1.13. The molecule has 0 bridgehead atoms.